The molecule has 9 nitrogen and oxygen atoms in total. The monoisotopic (exact) mass is 605 g/mol. The normalized spacial score (nSPS) is 12.1. The first-order valence-electron chi connectivity index (χ1n) is 10.4. The molecule has 196 valence electrons. The number of primary amides is 1. The molecule has 0 aliphatic heterocycles. The fourth-order valence-corrected chi connectivity index (χ4v) is 5.53. The lowest BCUT2D eigenvalue weighted by atomic mass is 10.0. The van der Waals surface area contributed by atoms with Crippen molar-refractivity contribution in [3.05, 3.63) is 44.4 Å². The number of halogens is 6. The van der Waals surface area contributed by atoms with E-state index in [1.807, 2.05) is 6.92 Å². The summed E-state index contributed by atoms with van der Waals surface area (Å²) >= 11 is 3.45. The lowest BCUT2D eigenvalue weighted by Crippen LogP contribution is -2.19. The molecule has 0 aromatic carbocycles. The quantitative estimate of drug-likeness (QED) is 0.289. The van der Waals surface area contributed by atoms with Crippen LogP contribution in [0.1, 0.15) is 50.6 Å². The Kier molecular flexibility index (Phi) is 6.83. The van der Waals surface area contributed by atoms with Crippen LogP contribution in [0.25, 0.3) is 21.3 Å². The number of nitrogens with zero attached hydrogens (tertiary/aromatic N) is 5. The Hall–Kier alpha value is -3.40. The van der Waals surface area contributed by atoms with Crippen molar-refractivity contribution in [3.8, 4) is 11.1 Å². The molecular weight excluding hydrogens is 589 g/mol. The largest absolute Gasteiger partial charge is 0.436 e. The third-order valence-electron chi connectivity index (χ3n) is 5.40. The molecular formula is C21H17BrF5N7O2S. The van der Waals surface area contributed by atoms with Crippen LogP contribution in [0.5, 0.6) is 0 Å². The van der Waals surface area contributed by atoms with Crippen molar-refractivity contribution in [2.75, 3.05) is 5.32 Å². The maximum Gasteiger partial charge on any atom is 0.436 e. The summed E-state index contributed by atoms with van der Waals surface area (Å²) in [6.45, 7) is 3.96. The number of carbonyl (C=O) groups is 2. The van der Waals surface area contributed by atoms with Crippen LogP contribution >= 0.6 is 27.3 Å². The van der Waals surface area contributed by atoms with E-state index in [1.165, 1.54) is 0 Å². The number of aryl methyl sites for hydroxylation is 3. The Balaban J connectivity index is 1.97. The van der Waals surface area contributed by atoms with Gasteiger partial charge in [-0.25, -0.2) is 13.8 Å². The van der Waals surface area contributed by atoms with Crippen molar-refractivity contribution in [3.63, 3.8) is 0 Å². The van der Waals surface area contributed by atoms with E-state index in [9.17, 15) is 31.5 Å². The molecule has 0 saturated carbocycles. The maximum absolute atomic E-state index is 13.7. The van der Waals surface area contributed by atoms with Gasteiger partial charge in [0, 0.05) is 30.7 Å². The summed E-state index contributed by atoms with van der Waals surface area (Å²) in [4.78, 5) is 29.1. The topological polar surface area (TPSA) is 121 Å². The minimum atomic E-state index is -4.84. The average molecular weight is 606 g/mol. The van der Waals surface area contributed by atoms with Gasteiger partial charge in [-0.05, 0) is 41.4 Å². The Bertz CT molecular complexity index is 1560. The van der Waals surface area contributed by atoms with Gasteiger partial charge in [0.25, 0.3) is 18.2 Å². The fraction of sp³-hybridized carbons (Fsp3) is 0.286. The number of hydrogen-bond donors (Lipinski definition) is 2. The van der Waals surface area contributed by atoms with Crippen LogP contribution in [0.4, 0.5) is 27.6 Å². The van der Waals surface area contributed by atoms with E-state index in [1.54, 1.807) is 17.8 Å². The van der Waals surface area contributed by atoms with Crippen molar-refractivity contribution in [2.24, 2.45) is 12.8 Å². The number of thiophene rings is 1. The average Bonchev–Trinajstić information content (AvgIpc) is 3.45. The molecule has 0 aliphatic rings. The second-order valence-electron chi connectivity index (χ2n) is 7.82. The zero-order valence-electron chi connectivity index (χ0n) is 19.2. The molecule has 4 aromatic rings. The van der Waals surface area contributed by atoms with Crippen molar-refractivity contribution >= 4 is 55.0 Å². The molecule has 0 spiro atoms. The highest BCUT2D eigenvalue weighted by atomic mass is 79.9. The Morgan fingerprint density at radius 2 is 1.92 bits per heavy atom. The van der Waals surface area contributed by atoms with Crippen LogP contribution in [0.3, 0.4) is 0 Å². The highest BCUT2D eigenvalue weighted by Gasteiger charge is 2.39. The van der Waals surface area contributed by atoms with Gasteiger partial charge in [-0.2, -0.15) is 23.4 Å². The maximum atomic E-state index is 13.7. The molecule has 0 fully saturated rings. The summed E-state index contributed by atoms with van der Waals surface area (Å²) in [5, 5.41) is 10.2. The third-order valence-corrected chi connectivity index (χ3v) is 7.25. The zero-order valence-corrected chi connectivity index (χ0v) is 21.6. The third kappa shape index (κ3) is 4.70. The minimum Gasteiger partial charge on any atom is -0.365 e. The van der Waals surface area contributed by atoms with E-state index in [4.69, 9.17) is 5.73 Å². The summed E-state index contributed by atoms with van der Waals surface area (Å²) in [7, 11) is 1.14. The minimum absolute atomic E-state index is 0.0272. The van der Waals surface area contributed by atoms with Gasteiger partial charge in [0.1, 0.15) is 21.1 Å². The van der Waals surface area contributed by atoms with Crippen LogP contribution in [-0.4, -0.2) is 36.4 Å². The molecule has 0 aliphatic carbocycles. The molecule has 0 unspecified atom stereocenters. The molecule has 0 atom stereocenters. The number of fused-ring (bicyclic) bond motifs is 1. The van der Waals surface area contributed by atoms with E-state index in [0.29, 0.717) is 29.1 Å². The fourth-order valence-electron chi connectivity index (χ4n) is 3.78. The second kappa shape index (κ2) is 9.48. The smallest absolute Gasteiger partial charge is 0.365 e. The van der Waals surface area contributed by atoms with Gasteiger partial charge in [0.05, 0.1) is 15.9 Å². The highest BCUT2D eigenvalue weighted by Crippen LogP contribution is 2.44. The molecule has 3 N–H and O–H groups in total. The Morgan fingerprint density at radius 1 is 1.24 bits per heavy atom. The molecule has 0 radical (unpaired) electrons. The zero-order chi connectivity index (χ0) is 27.4. The highest BCUT2D eigenvalue weighted by molar-refractivity contribution is 9.10. The van der Waals surface area contributed by atoms with Crippen LogP contribution < -0.4 is 11.1 Å². The molecule has 4 rings (SSSR count). The van der Waals surface area contributed by atoms with E-state index in [0.717, 1.165) is 17.8 Å². The van der Waals surface area contributed by atoms with Gasteiger partial charge < -0.3 is 11.1 Å². The summed E-state index contributed by atoms with van der Waals surface area (Å²) in [6, 6.07) is 1.12. The summed E-state index contributed by atoms with van der Waals surface area (Å²) < 4.78 is 69.0. The molecule has 37 heavy (non-hydrogen) atoms. The molecule has 16 heteroatoms. The summed E-state index contributed by atoms with van der Waals surface area (Å²) in [5.41, 5.74) is 4.04. The molecule has 4 heterocycles. The van der Waals surface area contributed by atoms with Gasteiger partial charge >= 0.3 is 6.18 Å². The molecule has 2 amide bonds. The first-order chi connectivity index (χ1) is 17.2. The SMILES string of the molecule is CCn1cc(-c2cc(C(F)F)nc3sc(C(N)=O)c(NC(=O)c4c(Br)c(C(F)(F)F)nn4C)c23)c(C)n1. The summed E-state index contributed by atoms with van der Waals surface area (Å²) in [5.74, 6) is -2.05. The van der Waals surface area contributed by atoms with Gasteiger partial charge in [0.2, 0.25) is 0 Å². The van der Waals surface area contributed by atoms with Crippen molar-refractivity contribution in [1.82, 2.24) is 24.5 Å². The van der Waals surface area contributed by atoms with Gasteiger partial charge in [-0.3, -0.25) is 19.0 Å². The predicted molar refractivity (Wildman–Crippen MR) is 129 cm³/mol. The number of aromatic nitrogens is 5. The number of alkyl halides is 5. The Labute approximate surface area is 217 Å². The number of nitrogens with one attached hydrogen (secondary N) is 1. The lowest BCUT2D eigenvalue weighted by molar-refractivity contribution is -0.142. The van der Waals surface area contributed by atoms with E-state index in [-0.39, 0.29) is 26.3 Å². The van der Waals surface area contributed by atoms with E-state index >= 15 is 0 Å². The number of hydrogen-bond acceptors (Lipinski definition) is 6. The first-order valence-corrected chi connectivity index (χ1v) is 12.1. The van der Waals surface area contributed by atoms with E-state index in [2.05, 4.69) is 36.4 Å². The second-order valence-corrected chi connectivity index (χ2v) is 9.61. The predicted octanol–water partition coefficient (Wildman–Crippen LogP) is 5.29. The number of pyridine rings is 1. The van der Waals surface area contributed by atoms with Crippen LogP contribution in [-0.2, 0) is 19.8 Å². The van der Waals surface area contributed by atoms with Gasteiger partial charge in [0.15, 0.2) is 5.69 Å². The van der Waals surface area contributed by atoms with Gasteiger partial charge in [-0.1, -0.05) is 0 Å². The molecule has 0 bridgehead atoms. The van der Waals surface area contributed by atoms with Crippen LogP contribution in [0.15, 0.2) is 16.7 Å². The lowest BCUT2D eigenvalue weighted by Gasteiger charge is -2.11. The number of rotatable bonds is 6. The standard InChI is InChI=1S/C21H17BrF5N7O2S/c1-4-34-6-9(7(2)31-34)8-5-10(17(23)24)29-20-11(8)13(15(37-20)18(28)35)30-19(36)14-12(22)16(21(25,26)27)32-33(14)3/h5-6,17H,4H2,1-3H3,(H2,28,35)(H,30,36). The number of nitrogens with two attached hydrogens (primary N) is 1. The molecule has 4 aromatic heterocycles. The van der Waals surface area contributed by atoms with Crippen LogP contribution in [0, 0.1) is 6.92 Å². The van der Waals surface area contributed by atoms with Crippen molar-refractivity contribution < 1.29 is 31.5 Å². The number of carbonyl (C=O) groups excluding carboxylic acids is 2. The molecule has 0 saturated heterocycles. The number of amides is 2. The van der Waals surface area contributed by atoms with Crippen molar-refractivity contribution in [1.29, 1.82) is 0 Å². The Morgan fingerprint density at radius 3 is 2.43 bits per heavy atom. The van der Waals surface area contributed by atoms with Gasteiger partial charge in [-0.15, -0.1) is 11.3 Å². The number of anilines is 1. The van der Waals surface area contributed by atoms with E-state index < -0.39 is 46.0 Å². The first kappa shape index (κ1) is 26.7. The summed E-state index contributed by atoms with van der Waals surface area (Å²) in [6.07, 6.45) is -6.18. The van der Waals surface area contributed by atoms with Crippen molar-refractivity contribution in [2.45, 2.75) is 33.0 Å². The van der Waals surface area contributed by atoms with Crippen LogP contribution in [0.2, 0.25) is 0 Å².